The van der Waals surface area contributed by atoms with E-state index in [1.807, 2.05) is 16.8 Å². The maximum atomic E-state index is 5.86. The second kappa shape index (κ2) is 8.22. The second-order valence-electron chi connectivity index (χ2n) is 7.04. The summed E-state index contributed by atoms with van der Waals surface area (Å²) >= 11 is 3.21. The highest BCUT2D eigenvalue weighted by Crippen LogP contribution is 2.29. The molecule has 0 amide bonds. The first-order valence-corrected chi connectivity index (χ1v) is 11.6. The molecule has 2 fully saturated rings. The van der Waals surface area contributed by atoms with Crippen molar-refractivity contribution < 1.29 is 9.26 Å². The lowest BCUT2D eigenvalue weighted by Gasteiger charge is -2.20. The molecule has 2 saturated heterocycles. The zero-order chi connectivity index (χ0) is 18.8. The third kappa shape index (κ3) is 3.81. The average Bonchev–Trinajstić information content (AvgIpc) is 3.53. The number of nitrogens with zero attached hydrogens (tertiary/aromatic N) is 6. The van der Waals surface area contributed by atoms with Crippen LogP contribution in [0.1, 0.15) is 31.5 Å². The fourth-order valence-electron chi connectivity index (χ4n) is 3.64. The van der Waals surface area contributed by atoms with E-state index in [4.69, 9.17) is 9.26 Å². The van der Waals surface area contributed by atoms with Crippen LogP contribution in [0.25, 0.3) is 11.5 Å². The van der Waals surface area contributed by atoms with E-state index >= 15 is 0 Å². The van der Waals surface area contributed by atoms with Crippen molar-refractivity contribution in [2.45, 2.75) is 49.2 Å². The molecule has 5 rings (SSSR count). The van der Waals surface area contributed by atoms with E-state index in [1.54, 1.807) is 23.1 Å². The molecule has 0 bridgehead atoms. The van der Waals surface area contributed by atoms with Gasteiger partial charge in [-0.3, -0.25) is 4.57 Å². The Bertz CT molecular complexity index is 897. The molecule has 2 aliphatic heterocycles. The lowest BCUT2D eigenvalue weighted by atomic mass is 10.2. The molecule has 5 heterocycles. The molecule has 2 aliphatic rings. The van der Waals surface area contributed by atoms with Crippen LogP contribution >= 0.6 is 23.1 Å². The largest absolute Gasteiger partial charge is 0.376 e. The lowest BCUT2D eigenvalue weighted by Crippen LogP contribution is -2.25. The molecule has 0 saturated carbocycles. The predicted octanol–water partition coefficient (Wildman–Crippen LogP) is 3.46. The number of hydrogen-bond acceptors (Lipinski definition) is 9. The molecule has 0 unspecified atom stereocenters. The van der Waals surface area contributed by atoms with Crippen LogP contribution in [0, 0.1) is 0 Å². The summed E-state index contributed by atoms with van der Waals surface area (Å²) in [6.45, 7) is 3.74. The van der Waals surface area contributed by atoms with Crippen LogP contribution < -0.4 is 4.90 Å². The van der Waals surface area contributed by atoms with Crippen LogP contribution in [0.15, 0.2) is 26.5 Å². The van der Waals surface area contributed by atoms with Gasteiger partial charge in [-0.25, -0.2) is 0 Å². The molecule has 0 N–H and O–H groups in total. The van der Waals surface area contributed by atoms with E-state index in [9.17, 15) is 0 Å². The van der Waals surface area contributed by atoms with E-state index < -0.39 is 0 Å². The molecule has 1 atom stereocenters. The monoisotopic (exact) mass is 418 g/mol. The number of ether oxygens (including phenoxy) is 1. The Kier molecular flexibility index (Phi) is 5.32. The van der Waals surface area contributed by atoms with Gasteiger partial charge in [-0.05, 0) is 37.1 Å². The minimum absolute atomic E-state index is 0.243. The van der Waals surface area contributed by atoms with Gasteiger partial charge in [0.15, 0.2) is 11.0 Å². The fourth-order valence-corrected chi connectivity index (χ4v) is 5.05. The van der Waals surface area contributed by atoms with Crippen LogP contribution in [0.3, 0.4) is 0 Å². The van der Waals surface area contributed by atoms with Gasteiger partial charge in [0.1, 0.15) is 0 Å². The Hall–Kier alpha value is -1.91. The van der Waals surface area contributed by atoms with Gasteiger partial charge < -0.3 is 14.2 Å². The van der Waals surface area contributed by atoms with E-state index in [0.717, 1.165) is 55.8 Å². The summed E-state index contributed by atoms with van der Waals surface area (Å²) in [6, 6.07) is 1.98. The Morgan fingerprint density at radius 1 is 1.21 bits per heavy atom. The first kappa shape index (κ1) is 18.1. The highest BCUT2D eigenvalue weighted by Gasteiger charge is 2.25. The van der Waals surface area contributed by atoms with Crippen LogP contribution in [-0.2, 0) is 17.0 Å². The minimum Gasteiger partial charge on any atom is -0.376 e. The SMILES string of the molecule is c1cc(-c2nc(CSc3nnc(N4CCCC4)n3C[C@H]3CCCO3)no2)cs1. The molecule has 0 radical (unpaired) electrons. The lowest BCUT2D eigenvalue weighted by molar-refractivity contribution is 0.0952. The first-order valence-electron chi connectivity index (χ1n) is 9.64. The van der Waals surface area contributed by atoms with Crippen molar-refractivity contribution in [3.05, 3.63) is 22.7 Å². The number of aromatic nitrogens is 5. The summed E-state index contributed by atoms with van der Waals surface area (Å²) in [7, 11) is 0. The van der Waals surface area contributed by atoms with Crippen LogP contribution in [0.2, 0.25) is 0 Å². The van der Waals surface area contributed by atoms with Crippen molar-refractivity contribution in [1.82, 2.24) is 24.9 Å². The minimum atomic E-state index is 0.243. The average molecular weight is 419 g/mol. The molecular formula is C18H22N6O2S2. The van der Waals surface area contributed by atoms with Gasteiger partial charge >= 0.3 is 0 Å². The van der Waals surface area contributed by atoms with Crippen molar-refractivity contribution in [2.24, 2.45) is 0 Å². The molecule has 0 spiro atoms. The zero-order valence-corrected chi connectivity index (χ0v) is 17.1. The maximum Gasteiger partial charge on any atom is 0.258 e. The summed E-state index contributed by atoms with van der Waals surface area (Å²) in [5.41, 5.74) is 0.964. The molecule has 10 heteroatoms. The molecule has 8 nitrogen and oxygen atoms in total. The molecule has 3 aromatic heterocycles. The van der Waals surface area contributed by atoms with Gasteiger partial charge in [-0.15, -0.1) is 10.2 Å². The summed E-state index contributed by atoms with van der Waals surface area (Å²) in [5.74, 6) is 2.79. The van der Waals surface area contributed by atoms with E-state index in [0.29, 0.717) is 17.5 Å². The van der Waals surface area contributed by atoms with Crippen LogP contribution in [0.5, 0.6) is 0 Å². The first-order chi connectivity index (χ1) is 13.9. The van der Waals surface area contributed by atoms with Crippen LogP contribution in [-0.4, -0.2) is 50.7 Å². The Morgan fingerprint density at radius 3 is 2.93 bits per heavy atom. The highest BCUT2D eigenvalue weighted by atomic mass is 32.2. The summed E-state index contributed by atoms with van der Waals surface area (Å²) in [6.07, 6.45) is 4.89. The normalized spacial score (nSPS) is 19.7. The quantitative estimate of drug-likeness (QED) is 0.540. The van der Waals surface area contributed by atoms with Crippen molar-refractivity contribution in [3.63, 3.8) is 0 Å². The van der Waals surface area contributed by atoms with E-state index in [1.165, 1.54) is 12.8 Å². The Balaban J connectivity index is 1.32. The van der Waals surface area contributed by atoms with Gasteiger partial charge in [0.2, 0.25) is 5.95 Å². The van der Waals surface area contributed by atoms with E-state index in [2.05, 4.69) is 29.8 Å². The summed E-state index contributed by atoms with van der Waals surface area (Å²) in [4.78, 5) is 6.83. The van der Waals surface area contributed by atoms with Gasteiger partial charge in [-0.2, -0.15) is 16.3 Å². The van der Waals surface area contributed by atoms with Crippen molar-refractivity contribution >= 4 is 29.0 Å². The summed E-state index contributed by atoms with van der Waals surface area (Å²) in [5, 5.41) is 18.0. The number of thioether (sulfide) groups is 1. The Morgan fingerprint density at radius 2 is 2.14 bits per heavy atom. The second-order valence-corrected chi connectivity index (χ2v) is 8.76. The third-order valence-electron chi connectivity index (χ3n) is 5.06. The summed E-state index contributed by atoms with van der Waals surface area (Å²) < 4.78 is 13.5. The third-order valence-corrected chi connectivity index (χ3v) is 6.71. The topological polar surface area (TPSA) is 82.1 Å². The standard InChI is InChI=1S/C18H22N6O2S2/c1-2-7-23(6-1)17-20-21-18(24(17)10-14-4-3-8-25-14)28-12-15-19-16(26-22-15)13-5-9-27-11-13/h5,9,11,14H,1-4,6-8,10,12H2/t14-/m1/s1. The van der Waals surface area contributed by atoms with Crippen molar-refractivity contribution in [3.8, 4) is 11.5 Å². The van der Waals surface area contributed by atoms with Gasteiger partial charge in [-0.1, -0.05) is 16.9 Å². The molecule has 28 heavy (non-hydrogen) atoms. The molecule has 3 aromatic rings. The zero-order valence-electron chi connectivity index (χ0n) is 15.5. The molecule has 0 aromatic carbocycles. The fraction of sp³-hybridized carbons (Fsp3) is 0.556. The molecular weight excluding hydrogens is 396 g/mol. The van der Waals surface area contributed by atoms with Gasteiger partial charge in [0.25, 0.3) is 5.89 Å². The maximum absolute atomic E-state index is 5.86. The number of anilines is 1. The van der Waals surface area contributed by atoms with Crippen molar-refractivity contribution in [2.75, 3.05) is 24.6 Å². The van der Waals surface area contributed by atoms with Gasteiger partial charge in [0, 0.05) is 25.1 Å². The number of rotatable bonds is 7. The number of thiophene rings is 1. The van der Waals surface area contributed by atoms with Crippen LogP contribution in [0.4, 0.5) is 5.95 Å². The molecule has 148 valence electrons. The predicted molar refractivity (Wildman–Crippen MR) is 108 cm³/mol. The van der Waals surface area contributed by atoms with E-state index in [-0.39, 0.29) is 6.10 Å². The van der Waals surface area contributed by atoms with Crippen molar-refractivity contribution in [1.29, 1.82) is 0 Å². The smallest absolute Gasteiger partial charge is 0.258 e. The van der Waals surface area contributed by atoms with Gasteiger partial charge in [0.05, 0.1) is 24.0 Å². The Labute approximate surface area is 171 Å². The number of hydrogen-bond donors (Lipinski definition) is 0. The highest BCUT2D eigenvalue weighted by molar-refractivity contribution is 7.98. The molecule has 0 aliphatic carbocycles.